The van der Waals surface area contributed by atoms with Gasteiger partial charge in [-0.2, -0.15) is 0 Å². The Balaban J connectivity index is 0.000000280. The molecule has 0 aromatic rings. The summed E-state index contributed by atoms with van der Waals surface area (Å²) in [4.78, 5) is 8.78. The van der Waals surface area contributed by atoms with Gasteiger partial charge in [-0.1, -0.05) is 12.8 Å². The molecule has 0 atom stereocenters. The first-order valence-electron chi connectivity index (χ1n) is 6.18. The van der Waals surface area contributed by atoms with Gasteiger partial charge in [0.2, 0.25) is 0 Å². The average molecular weight is 229 g/mol. The minimum absolute atomic E-state index is 1.32. The molecule has 0 spiro atoms. The molecule has 2 aliphatic heterocycles. The van der Waals surface area contributed by atoms with Crippen molar-refractivity contribution < 1.29 is 9.90 Å². The lowest BCUT2D eigenvalue weighted by molar-refractivity contribution is -0.0518. The lowest BCUT2D eigenvalue weighted by atomic mass is 10.1. The number of rotatable bonds is 1. The van der Waals surface area contributed by atoms with Crippen LogP contribution in [0.5, 0.6) is 0 Å². The Morgan fingerprint density at radius 3 is 1.31 bits per heavy atom. The van der Waals surface area contributed by atoms with Crippen molar-refractivity contribution in [3.63, 3.8) is 0 Å². The summed E-state index contributed by atoms with van der Waals surface area (Å²) in [5.41, 5.74) is 4.03. The number of primary amides is 1. The van der Waals surface area contributed by atoms with Crippen LogP contribution in [0.4, 0.5) is 4.79 Å². The van der Waals surface area contributed by atoms with E-state index in [-0.39, 0.29) is 0 Å². The molecule has 2 saturated heterocycles. The van der Waals surface area contributed by atoms with Crippen molar-refractivity contribution in [2.24, 2.45) is 5.73 Å². The summed E-state index contributed by atoms with van der Waals surface area (Å²) in [6.45, 7) is 5.28. The molecule has 2 aliphatic rings. The minimum atomic E-state index is -1.33. The minimum Gasteiger partial charge on any atom is -0.465 e. The molecule has 94 valence electrons. The van der Waals surface area contributed by atoms with Gasteiger partial charge < -0.3 is 10.8 Å². The summed E-state index contributed by atoms with van der Waals surface area (Å²) in [7, 11) is 0. The van der Waals surface area contributed by atoms with Crippen molar-refractivity contribution in [1.29, 1.82) is 0 Å². The zero-order valence-electron chi connectivity index (χ0n) is 9.90. The van der Waals surface area contributed by atoms with Gasteiger partial charge in [0.15, 0.2) is 0 Å². The molecular formula is C11H23N3O2. The summed E-state index contributed by atoms with van der Waals surface area (Å²) < 4.78 is 0. The maximum Gasteiger partial charge on any atom is 0.402 e. The fourth-order valence-corrected chi connectivity index (χ4v) is 2.32. The smallest absolute Gasteiger partial charge is 0.402 e. The highest BCUT2D eigenvalue weighted by molar-refractivity contribution is 5.61. The summed E-state index contributed by atoms with van der Waals surface area (Å²) in [6.07, 6.45) is 7.22. The lowest BCUT2D eigenvalue weighted by Crippen LogP contribution is -2.47. The Kier molecular flexibility index (Phi) is 6.18. The number of nitrogens with zero attached hydrogens (tertiary/aromatic N) is 2. The number of amides is 1. The molecular weight excluding hydrogens is 206 g/mol. The Bertz CT molecular complexity index is 179. The van der Waals surface area contributed by atoms with Crippen LogP contribution in [0.25, 0.3) is 0 Å². The number of piperidine rings is 2. The van der Waals surface area contributed by atoms with E-state index in [1.165, 1.54) is 64.7 Å². The zero-order chi connectivity index (χ0) is 11.8. The number of carbonyl (C=O) groups is 1. The number of nitrogens with two attached hydrogens (primary N) is 1. The SMILES string of the molecule is C1CCN(N2CCCCC2)CC1.NC(=O)O. The van der Waals surface area contributed by atoms with Crippen molar-refractivity contribution in [2.45, 2.75) is 38.5 Å². The van der Waals surface area contributed by atoms with E-state index in [2.05, 4.69) is 15.8 Å². The monoisotopic (exact) mass is 229 g/mol. The lowest BCUT2D eigenvalue weighted by Gasteiger charge is -2.39. The molecule has 0 aliphatic carbocycles. The Morgan fingerprint density at radius 1 is 0.812 bits per heavy atom. The van der Waals surface area contributed by atoms with Crippen molar-refractivity contribution in [1.82, 2.24) is 10.0 Å². The second-order valence-electron chi connectivity index (χ2n) is 4.37. The normalized spacial score (nSPS) is 23.2. The highest BCUT2D eigenvalue weighted by Crippen LogP contribution is 2.16. The van der Waals surface area contributed by atoms with Crippen LogP contribution >= 0.6 is 0 Å². The summed E-state index contributed by atoms with van der Waals surface area (Å²) in [6, 6.07) is 0. The first-order valence-corrected chi connectivity index (χ1v) is 6.18. The van der Waals surface area contributed by atoms with Crippen LogP contribution in [0, 0.1) is 0 Å². The van der Waals surface area contributed by atoms with E-state index in [0.717, 1.165) is 0 Å². The Labute approximate surface area is 97.2 Å². The van der Waals surface area contributed by atoms with E-state index < -0.39 is 6.09 Å². The first-order chi connectivity index (χ1) is 7.70. The quantitative estimate of drug-likeness (QED) is 0.715. The Morgan fingerprint density at radius 2 is 1.06 bits per heavy atom. The van der Waals surface area contributed by atoms with E-state index in [1.54, 1.807) is 0 Å². The number of hydrogen-bond acceptors (Lipinski definition) is 3. The fraction of sp³-hybridized carbons (Fsp3) is 0.909. The van der Waals surface area contributed by atoms with Gasteiger partial charge in [0.25, 0.3) is 0 Å². The first kappa shape index (κ1) is 13.3. The zero-order valence-corrected chi connectivity index (χ0v) is 9.90. The standard InChI is InChI=1S/C10H20N2.CH3NO2/c1-3-7-11(8-4-1)12-9-5-2-6-10-12;2-1(3)4/h1-10H2;2H2,(H,3,4). The number of hydrazine groups is 1. The summed E-state index contributed by atoms with van der Waals surface area (Å²) in [5, 5.41) is 12.4. The largest absolute Gasteiger partial charge is 0.465 e. The van der Waals surface area contributed by atoms with Gasteiger partial charge in [-0.05, 0) is 25.7 Å². The molecule has 3 N–H and O–H groups in total. The van der Waals surface area contributed by atoms with Crippen LogP contribution in [0.15, 0.2) is 0 Å². The maximum atomic E-state index is 8.78. The highest BCUT2D eigenvalue weighted by Gasteiger charge is 2.19. The second-order valence-corrected chi connectivity index (χ2v) is 4.37. The van der Waals surface area contributed by atoms with Crippen LogP contribution in [0.2, 0.25) is 0 Å². The van der Waals surface area contributed by atoms with Gasteiger partial charge in [0.1, 0.15) is 0 Å². The van der Waals surface area contributed by atoms with Crippen molar-refractivity contribution >= 4 is 6.09 Å². The highest BCUT2D eigenvalue weighted by atomic mass is 16.4. The third-order valence-electron chi connectivity index (χ3n) is 3.06. The van der Waals surface area contributed by atoms with Gasteiger partial charge in [0.05, 0.1) is 0 Å². The third-order valence-corrected chi connectivity index (χ3v) is 3.06. The number of hydrogen-bond donors (Lipinski definition) is 2. The molecule has 1 amide bonds. The molecule has 5 nitrogen and oxygen atoms in total. The number of carboxylic acid groups (broad SMARTS) is 1. The fourth-order valence-electron chi connectivity index (χ4n) is 2.32. The van der Waals surface area contributed by atoms with Crippen LogP contribution in [0.3, 0.4) is 0 Å². The van der Waals surface area contributed by atoms with Crippen molar-refractivity contribution in [2.75, 3.05) is 26.2 Å². The molecule has 0 saturated carbocycles. The third kappa shape index (κ3) is 5.32. The van der Waals surface area contributed by atoms with Gasteiger partial charge in [-0.25, -0.2) is 14.8 Å². The van der Waals surface area contributed by atoms with Gasteiger partial charge in [-0.3, -0.25) is 0 Å². The Hall–Kier alpha value is -0.810. The molecule has 2 fully saturated rings. The topological polar surface area (TPSA) is 69.8 Å². The van der Waals surface area contributed by atoms with E-state index in [4.69, 9.17) is 9.90 Å². The van der Waals surface area contributed by atoms with Crippen LogP contribution in [0.1, 0.15) is 38.5 Å². The van der Waals surface area contributed by atoms with Crippen LogP contribution in [-0.2, 0) is 0 Å². The molecule has 2 rings (SSSR count). The molecule has 5 heteroatoms. The van der Waals surface area contributed by atoms with Crippen molar-refractivity contribution in [3.05, 3.63) is 0 Å². The molecule has 0 radical (unpaired) electrons. The molecule has 0 bridgehead atoms. The molecule has 0 unspecified atom stereocenters. The maximum absolute atomic E-state index is 8.78. The van der Waals surface area contributed by atoms with E-state index in [0.29, 0.717) is 0 Å². The van der Waals surface area contributed by atoms with E-state index in [9.17, 15) is 0 Å². The second kappa shape index (κ2) is 7.46. The van der Waals surface area contributed by atoms with E-state index >= 15 is 0 Å². The predicted molar refractivity (Wildman–Crippen MR) is 63.1 cm³/mol. The van der Waals surface area contributed by atoms with Crippen LogP contribution in [-0.4, -0.2) is 47.4 Å². The van der Waals surface area contributed by atoms with Crippen LogP contribution < -0.4 is 5.73 Å². The molecule has 16 heavy (non-hydrogen) atoms. The molecule has 0 aromatic carbocycles. The summed E-state index contributed by atoms with van der Waals surface area (Å²) in [5.74, 6) is 0. The predicted octanol–water partition coefficient (Wildman–Crippen LogP) is 1.50. The van der Waals surface area contributed by atoms with E-state index in [1.807, 2.05) is 0 Å². The van der Waals surface area contributed by atoms with Gasteiger partial charge in [-0.15, -0.1) is 0 Å². The van der Waals surface area contributed by atoms with Gasteiger partial charge in [0, 0.05) is 26.2 Å². The van der Waals surface area contributed by atoms with Crippen molar-refractivity contribution in [3.8, 4) is 0 Å². The average Bonchev–Trinajstić information content (AvgIpc) is 2.31. The molecule has 2 heterocycles. The van der Waals surface area contributed by atoms with Gasteiger partial charge >= 0.3 is 6.09 Å². The molecule has 0 aromatic heterocycles. The summed E-state index contributed by atoms with van der Waals surface area (Å²) >= 11 is 0.